The van der Waals surface area contributed by atoms with Gasteiger partial charge in [-0.05, 0) is 38.0 Å². The van der Waals surface area contributed by atoms with Crippen LogP contribution in [0.4, 0.5) is 0 Å². The second-order valence-electron chi connectivity index (χ2n) is 5.83. The predicted octanol–water partition coefficient (Wildman–Crippen LogP) is 2.00. The Bertz CT molecular complexity index is 221. The molecule has 0 radical (unpaired) electrons. The Kier molecular flexibility index (Phi) is 2.73. The Hall–Kier alpha value is -0.0800. The normalized spacial score (nSPS) is 38.2. The maximum atomic E-state index is 3.83. The SMILES string of the molecule is CCC1CC(NC2CC2)CN(C2CC2)C1. The van der Waals surface area contributed by atoms with Crippen molar-refractivity contribution in [3.8, 4) is 0 Å². The summed E-state index contributed by atoms with van der Waals surface area (Å²) in [6, 6.07) is 2.64. The van der Waals surface area contributed by atoms with Crippen LogP contribution in [0.5, 0.6) is 0 Å². The first-order valence-electron chi connectivity index (χ1n) is 6.85. The second-order valence-corrected chi connectivity index (χ2v) is 5.83. The molecule has 2 heteroatoms. The number of hydrogen-bond donors (Lipinski definition) is 1. The molecule has 0 amide bonds. The van der Waals surface area contributed by atoms with E-state index in [9.17, 15) is 0 Å². The van der Waals surface area contributed by atoms with Gasteiger partial charge < -0.3 is 5.32 Å². The highest BCUT2D eigenvalue weighted by atomic mass is 15.2. The topological polar surface area (TPSA) is 15.3 Å². The van der Waals surface area contributed by atoms with Crippen LogP contribution >= 0.6 is 0 Å². The van der Waals surface area contributed by atoms with Crippen LogP contribution in [0, 0.1) is 5.92 Å². The van der Waals surface area contributed by atoms with Gasteiger partial charge in [0.05, 0.1) is 0 Å². The van der Waals surface area contributed by atoms with Gasteiger partial charge in [0.1, 0.15) is 0 Å². The Morgan fingerprint density at radius 1 is 1.07 bits per heavy atom. The van der Waals surface area contributed by atoms with Gasteiger partial charge in [-0.3, -0.25) is 4.90 Å². The van der Waals surface area contributed by atoms with Gasteiger partial charge in [-0.15, -0.1) is 0 Å². The molecule has 0 aromatic carbocycles. The molecule has 0 spiro atoms. The van der Waals surface area contributed by atoms with Crippen LogP contribution in [-0.4, -0.2) is 36.1 Å². The van der Waals surface area contributed by atoms with Crippen LogP contribution < -0.4 is 5.32 Å². The van der Waals surface area contributed by atoms with Gasteiger partial charge >= 0.3 is 0 Å². The lowest BCUT2D eigenvalue weighted by Gasteiger charge is -2.38. The minimum absolute atomic E-state index is 0.803. The van der Waals surface area contributed by atoms with Crippen molar-refractivity contribution in [2.45, 2.75) is 63.6 Å². The molecule has 1 saturated heterocycles. The fraction of sp³-hybridized carbons (Fsp3) is 1.00. The first-order valence-corrected chi connectivity index (χ1v) is 6.85. The third-order valence-electron chi connectivity index (χ3n) is 4.25. The lowest BCUT2D eigenvalue weighted by atomic mass is 9.92. The fourth-order valence-corrected chi connectivity index (χ4v) is 2.98. The van der Waals surface area contributed by atoms with Gasteiger partial charge in [-0.25, -0.2) is 0 Å². The molecule has 0 aromatic rings. The van der Waals surface area contributed by atoms with Gasteiger partial charge in [0.25, 0.3) is 0 Å². The summed E-state index contributed by atoms with van der Waals surface area (Å²) >= 11 is 0. The summed E-state index contributed by atoms with van der Waals surface area (Å²) in [5.41, 5.74) is 0. The smallest absolute Gasteiger partial charge is 0.0200 e. The highest BCUT2D eigenvalue weighted by Gasteiger charge is 2.37. The predicted molar refractivity (Wildman–Crippen MR) is 62.9 cm³/mol. The van der Waals surface area contributed by atoms with E-state index in [4.69, 9.17) is 0 Å². The summed E-state index contributed by atoms with van der Waals surface area (Å²) in [7, 11) is 0. The molecule has 3 aliphatic rings. The minimum atomic E-state index is 0.803. The van der Waals surface area contributed by atoms with Crippen molar-refractivity contribution in [2.75, 3.05) is 13.1 Å². The van der Waals surface area contributed by atoms with E-state index in [2.05, 4.69) is 17.1 Å². The Morgan fingerprint density at radius 2 is 1.87 bits per heavy atom. The van der Waals surface area contributed by atoms with E-state index in [1.807, 2.05) is 0 Å². The van der Waals surface area contributed by atoms with Crippen molar-refractivity contribution >= 4 is 0 Å². The van der Waals surface area contributed by atoms with Crippen LogP contribution in [0.15, 0.2) is 0 Å². The van der Waals surface area contributed by atoms with E-state index in [0.717, 1.165) is 24.0 Å². The largest absolute Gasteiger partial charge is 0.310 e. The number of piperidine rings is 1. The van der Waals surface area contributed by atoms with Gasteiger partial charge in [-0.1, -0.05) is 13.3 Å². The number of rotatable bonds is 4. The summed E-state index contributed by atoms with van der Waals surface area (Å²) in [5, 5.41) is 3.83. The number of likely N-dealkylation sites (tertiary alicyclic amines) is 1. The summed E-state index contributed by atoms with van der Waals surface area (Å²) < 4.78 is 0. The average Bonchev–Trinajstić information content (AvgIpc) is 3.10. The van der Waals surface area contributed by atoms with Crippen molar-refractivity contribution in [2.24, 2.45) is 5.92 Å². The zero-order valence-electron chi connectivity index (χ0n) is 9.91. The minimum Gasteiger partial charge on any atom is -0.310 e. The fourth-order valence-electron chi connectivity index (χ4n) is 2.98. The lowest BCUT2D eigenvalue weighted by molar-refractivity contribution is 0.130. The summed E-state index contributed by atoms with van der Waals surface area (Å²) in [4.78, 5) is 2.76. The molecule has 2 unspecified atom stereocenters. The highest BCUT2D eigenvalue weighted by Crippen LogP contribution is 2.32. The maximum Gasteiger partial charge on any atom is 0.0200 e. The molecule has 3 rings (SSSR count). The third-order valence-corrected chi connectivity index (χ3v) is 4.25. The molecule has 2 aliphatic carbocycles. The molecule has 1 heterocycles. The zero-order valence-corrected chi connectivity index (χ0v) is 9.91. The van der Waals surface area contributed by atoms with E-state index in [0.29, 0.717) is 0 Å². The molecular weight excluding hydrogens is 184 g/mol. The van der Waals surface area contributed by atoms with Crippen LogP contribution in [0.2, 0.25) is 0 Å². The average molecular weight is 208 g/mol. The van der Waals surface area contributed by atoms with Gasteiger partial charge in [0.15, 0.2) is 0 Å². The molecule has 86 valence electrons. The maximum absolute atomic E-state index is 3.83. The van der Waals surface area contributed by atoms with Crippen LogP contribution in [0.1, 0.15) is 45.4 Å². The zero-order chi connectivity index (χ0) is 10.3. The second kappa shape index (κ2) is 4.06. The molecular formula is C13H24N2. The Balaban J connectivity index is 1.56. The summed E-state index contributed by atoms with van der Waals surface area (Å²) in [5.74, 6) is 0.954. The van der Waals surface area contributed by atoms with Crippen LogP contribution in [0.3, 0.4) is 0 Å². The number of hydrogen-bond acceptors (Lipinski definition) is 2. The highest BCUT2D eigenvalue weighted by molar-refractivity contribution is 4.94. The van der Waals surface area contributed by atoms with E-state index in [1.54, 1.807) is 0 Å². The summed E-state index contributed by atoms with van der Waals surface area (Å²) in [6.07, 6.45) is 8.58. The molecule has 3 fully saturated rings. The molecule has 15 heavy (non-hydrogen) atoms. The molecule has 0 aromatic heterocycles. The van der Waals surface area contributed by atoms with Crippen molar-refractivity contribution in [3.63, 3.8) is 0 Å². The number of nitrogens with zero attached hydrogens (tertiary/aromatic N) is 1. The monoisotopic (exact) mass is 208 g/mol. The van der Waals surface area contributed by atoms with Crippen LogP contribution in [0.25, 0.3) is 0 Å². The third kappa shape index (κ3) is 2.54. The lowest BCUT2D eigenvalue weighted by Crippen LogP contribution is -2.50. The molecule has 1 aliphatic heterocycles. The molecule has 2 nitrogen and oxygen atoms in total. The summed E-state index contributed by atoms with van der Waals surface area (Å²) in [6.45, 7) is 5.07. The standard InChI is InChI=1S/C13H24N2/c1-2-10-7-12(14-11-3-4-11)9-15(8-10)13-5-6-13/h10-14H,2-9H2,1H3. The Labute approximate surface area is 93.4 Å². The van der Waals surface area contributed by atoms with E-state index in [1.165, 1.54) is 51.6 Å². The van der Waals surface area contributed by atoms with Crippen molar-refractivity contribution in [1.29, 1.82) is 0 Å². The van der Waals surface area contributed by atoms with Gasteiger partial charge in [-0.2, -0.15) is 0 Å². The Morgan fingerprint density at radius 3 is 2.47 bits per heavy atom. The van der Waals surface area contributed by atoms with E-state index >= 15 is 0 Å². The van der Waals surface area contributed by atoms with Gasteiger partial charge in [0.2, 0.25) is 0 Å². The van der Waals surface area contributed by atoms with Crippen molar-refractivity contribution < 1.29 is 0 Å². The van der Waals surface area contributed by atoms with Crippen molar-refractivity contribution in [1.82, 2.24) is 10.2 Å². The molecule has 2 atom stereocenters. The van der Waals surface area contributed by atoms with Crippen LogP contribution in [-0.2, 0) is 0 Å². The van der Waals surface area contributed by atoms with E-state index in [-0.39, 0.29) is 0 Å². The number of nitrogens with one attached hydrogen (secondary N) is 1. The van der Waals surface area contributed by atoms with E-state index < -0.39 is 0 Å². The molecule has 1 N–H and O–H groups in total. The quantitative estimate of drug-likeness (QED) is 0.760. The molecule has 0 bridgehead atoms. The molecule has 2 saturated carbocycles. The first-order chi connectivity index (χ1) is 7.35. The first kappa shape index (κ1) is 10.1. The van der Waals surface area contributed by atoms with Crippen molar-refractivity contribution in [3.05, 3.63) is 0 Å². The van der Waals surface area contributed by atoms with Gasteiger partial charge in [0, 0.05) is 31.2 Å².